The number of imide groups is 1. The molecule has 1 fully saturated rings. The summed E-state index contributed by atoms with van der Waals surface area (Å²) in [5.74, 6) is 3.73. The third kappa shape index (κ3) is 5.13. The summed E-state index contributed by atoms with van der Waals surface area (Å²) in [6.45, 7) is 1.80. The standard InChI is InChI=1S/C25H21N3O6/c1-15(29)34-19-6-2-16(3-7-19)5-10-22(30)26-13-17-4-8-20-18(12-17)14-28(25(20)33)21-9-11-23(31)27-24(21)32/h2-4,6-8,12,21H,9,11,13-14H2,1H3,(H,26,30)(H,27,31,32). The molecule has 9 nitrogen and oxygen atoms in total. The predicted molar refractivity (Wildman–Crippen MR) is 119 cm³/mol. The van der Waals surface area contributed by atoms with E-state index >= 15 is 0 Å². The molecule has 9 heteroatoms. The second kappa shape index (κ2) is 9.58. The fourth-order valence-corrected chi connectivity index (χ4v) is 3.87. The van der Waals surface area contributed by atoms with Gasteiger partial charge in [0.05, 0.1) is 0 Å². The van der Waals surface area contributed by atoms with E-state index in [0.29, 0.717) is 23.3 Å². The van der Waals surface area contributed by atoms with Crippen molar-refractivity contribution in [3.8, 4) is 17.6 Å². The first kappa shape index (κ1) is 22.7. The van der Waals surface area contributed by atoms with E-state index in [1.807, 2.05) is 6.07 Å². The van der Waals surface area contributed by atoms with Crippen molar-refractivity contribution in [1.82, 2.24) is 15.5 Å². The van der Waals surface area contributed by atoms with E-state index in [9.17, 15) is 24.0 Å². The number of piperidine rings is 1. The average molecular weight is 459 g/mol. The molecule has 1 saturated heterocycles. The van der Waals surface area contributed by atoms with E-state index in [1.165, 1.54) is 11.8 Å². The van der Waals surface area contributed by atoms with Crippen LogP contribution in [0.2, 0.25) is 0 Å². The van der Waals surface area contributed by atoms with E-state index in [4.69, 9.17) is 4.74 Å². The van der Waals surface area contributed by atoms with Gasteiger partial charge in [-0.3, -0.25) is 29.3 Å². The molecule has 0 aliphatic carbocycles. The lowest BCUT2D eigenvalue weighted by molar-refractivity contribution is -0.137. The summed E-state index contributed by atoms with van der Waals surface area (Å²) in [6, 6.07) is 11.0. The van der Waals surface area contributed by atoms with Crippen molar-refractivity contribution in [2.24, 2.45) is 0 Å². The van der Waals surface area contributed by atoms with Crippen LogP contribution in [0.4, 0.5) is 0 Å². The van der Waals surface area contributed by atoms with Crippen LogP contribution in [0.25, 0.3) is 0 Å². The van der Waals surface area contributed by atoms with Crippen molar-refractivity contribution in [3.63, 3.8) is 0 Å². The molecule has 1 atom stereocenters. The number of hydrogen-bond acceptors (Lipinski definition) is 6. The van der Waals surface area contributed by atoms with Gasteiger partial charge in [0, 0.05) is 43.5 Å². The zero-order valence-electron chi connectivity index (χ0n) is 18.3. The van der Waals surface area contributed by atoms with Crippen molar-refractivity contribution < 1.29 is 28.7 Å². The number of benzene rings is 2. The molecule has 0 bridgehead atoms. The SMILES string of the molecule is CC(=O)Oc1ccc(C#CC(=O)NCc2ccc3c(c2)CN(C2CCC(=O)NC2=O)C3=O)cc1. The van der Waals surface area contributed by atoms with Crippen LogP contribution < -0.4 is 15.4 Å². The smallest absolute Gasteiger partial charge is 0.308 e. The van der Waals surface area contributed by atoms with Crippen LogP contribution in [0.15, 0.2) is 42.5 Å². The highest BCUT2D eigenvalue weighted by atomic mass is 16.5. The number of hydrogen-bond donors (Lipinski definition) is 2. The molecular formula is C25H21N3O6. The predicted octanol–water partition coefficient (Wildman–Crippen LogP) is 1.04. The van der Waals surface area contributed by atoms with Gasteiger partial charge in [0.15, 0.2) is 0 Å². The Balaban J connectivity index is 1.34. The van der Waals surface area contributed by atoms with Crippen LogP contribution >= 0.6 is 0 Å². The van der Waals surface area contributed by atoms with Crippen molar-refractivity contribution >= 4 is 29.6 Å². The van der Waals surface area contributed by atoms with Crippen LogP contribution in [-0.2, 0) is 32.3 Å². The van der Waals surface area contributed by atoms with Crippen LogP contribution in [0.5, 0.6) is 5.75 Å². The second-order valence-corrected chi connectivity index (χ2v) is 7.94. The summed E-state index contributed by atoms with van der Waals surface area (Å²) in [7, 11) is 0. The Labute approximate surface area is 195 Å². The van der Waals surface area contributed by atoms with Gasteiger partial charge in [-0.1, -0.05) is 18.1 Å². The maximum Gasteiger partial charge on any atom is 0.308 e. The molecule has 2 aromatic rings. The van der Waals surface area contributed by atoms with E-state index in [0.717, 1.165) is 11.1 Å². The zero-order valence-corrected chi connectivity index (χ0v) is 18.3. The highest BCUT2D eigenvalue weighted by Crippen LogP contribution is 2.28. The maximum atomic E-state index is 12.7. The van der Waals surface area contributed by atoms with Crippen molar-refractivity contribution in [2.75, 3.05) is 0 Å². The number of rotatable bonds is 4. The largest absolute Gasteiger partial charge is 0.427 e. The number of nitrogens with zero attached hydrogens (tertiary/aromatic N) is 1. The van der Waals surface area contributed by atoms with Crippen molar-refractivity contribution in [3.05, 3.63) is 64.7 Å². The van der Waals surface area contributed by atoms with E-state index in [2.05, 4.69) is 22.5 Å². The van der Waals surface area contributed by atoms with Gasteiger partial charge in [0.1, 0.15) is 11.8 Å². The summed E-state index contributed by atoms with van der Waals surface area (Å²) < 4.78 is 4.95. The lowest BCUT2D eigenvalue weighted by Gasteiger charge is -2.29. The molecule has 0 radical (unpaired) electrons. The first-order chi connectivity index (χ1) is 16.3. The summed E-state index contributed by atoms with van der Waals surface area (Å²) in [5.41, 5.74) is 2.66. The Kier molecular flexibility index (Phi) is 6.41. The van der Waals surface area contributed by atoms with Gasteiger partial charge >= 0.3 is 5.97 Å². The van der Waals surface area contributed by atoms with Crippen LogP contribution in [0.1, 0.15) is 46.8 Å². The number of ether oxygens (including phenoxy) is 1. The highest BCUT2D eigenvalue weighted by Gasteiger charge is 2.39. The number of amides is 4. The molecule has 2 N–H and O–H groups in total. The summed E-state index contributed by atoms with van der Waals surface area (Å²) in [5, 5.41) is 4.99. The molecule has 1 unspecified atom stereocenters. The number of nitrogens with one attached hydrogen (secondary N) is 2. The number of carbonyl (C=O) groups excluding carboxylic acids is 5. The molecule has 34 heavy (non-hydrogen) atoms. The van der Waals surface area contributed by atoms with Gasteiger partial charge in [-0.05, 0) is 47.9 Å². The molecule has 0 aromatic heterocycles. The molecule has 2 heterocycles. The van der Waals surface area contributed by atoms with E-state index in [-0.39, 0.29) is 31.3 Å². The van der Waals surface area contributed by atoms with Crippen molar-refractivity contribution in [1.29, 1.82) is 0 Å². The second-order valence-electron chi connectivity index (χ2n) is 7.94. The lowest BCUT2D eigenvalue weighted by Crippen LogP contribution is -2.52. The Morgan fingerprint density at radius 2 is 1.91 bits per heavy atom. The Hall–Kier alpha value is -4.45. The van der Waals surface area contributed by atoms with Gasteiger partial charge in [0.2, 0.25) is 11.8 Å². The summed E-state index contributed by atoms with van der Waals surface area (Å²) in [6.07, 6.45) is 0.504. The van der Waals surface area contributed by atoms with E-state index < -0.39 is 23.8 Å². The number of fused-ring (bicyclic) bond motifs is 1. The van der Waals surface area contributed by atoms with Crippen LogP contribution in [0, 0.1) is 11.8 Å². The fourth-order valence-electron chi connectivity index (χ4n) is 3.87. The minimum atomic E-state index is -0.667. The Morgan fingerprint density at radius 1 is 1.15 bits per heavy atom. The highest BCUT2D eigenvalue weighted by molar-refractivity contribution is 6.05. The number of carbonyl (C=O) groups is 5. The van der Waals surface area contributed by atoms with Gasteiger partial charge in [-0.25, -0.2) is 0 Å². The maximum absolute atomic E-state index is 12.7. The van der Waals surface area contributed by atoms with Crippen molar-refractivity contribution in [2.45, 2.75) is 38.9 Å². The zero-order chi connectivity index (χ0) is 24.2. The molecule has 2 aliphatic heterocycles. The first-order valence-electron chi connectivity index (χ1n) is 10.6. The minimum Gasteiger partial charge on any atom is -0.427 e. The van der Waals surface area contributed by atoms with Gasteiger partial charge in [0.25, 0.3) is 11.8 Å². The molecular weight excluding hydrogens is 438 g/mol. The Bertz CT molecular complexity index is 1260. The van der Waals surface area contributed by atoms with Crippen LogP contribution in [0.3, 0.4) is 0 Å². The minimum absolute atomic E-state index is 0.200. The van der Waals surface area contributed by atoms with Crippen LogP contribution in [-0.4, -0.2) is 40.5 Å². The normalized spacial score (nSPS) is 16.8. The monoisotopic (exact) mass is 459 g/mol. The molecule has 0 saturated carbocycles. The average Bonchev–Trinajstić information content (AvgIpc) is 3.12. The van der Waals surface area contributed by atoms with Gasteiger partial charge < -0.3 is 15.0 Å². The van der Waals surface area contributed by atoms with Gasteiger partial charge in [-0.15, -0.1) is 0 Å². The third-order valence-electron chi connectivity index (χ3n) is 5.48. The fraction of sp³-hybridized carbons (Fsp3) is 0.240. The molecule has 4 amide bonds. The molecule has 2 aliphatic rings. The molecule has 4 rings (SSSR count). The van der Waals surface area contributed by atoms with Gasteiger partial charge in [-0.2, -0.15) is 0 Å². The third-order valence-corrected chi connectivity index (χ3v) is 5.48. The lowest BCUT2D eigenvalue weighted by atomic mass is 10.0. The molecule has 0 spiro atoms. The first-order valence-corrected chi connectivity index (χ1v) is 10.6. The quantitative estimate of drug-likeness (QED) is 0.305. The molecule has 2 aromatic carbocycles. The summed E-state index contributed by atoms with van der Waals surface area (Å²) in [4.78, 5) is 60.8. The topological polar surface area (TPSA) is 122 Å². The molecule has 172 valence electrons. The van der Waals surface area contributed by atoms with E-state index in [1.54, 1.807) is 36.4 Å². The Morgan fingerprint density at radius 3 is 2.62 bits per heavy atom. The number of esters is 1. The summed E-state index contributed by atoms with van der Waals surface area (Å²) >= 11 is 0.